The maximum absolute atomic E-state index is 12.6. The lowest BCUT2D eigenvalue weighted by molar-refractivity contribution is -0.141. The van der Waals surface area contributed by atoms with E-state index >= 15 is 0 Å². The molecule has 1 N–H and O–H groups in total. The molecule has 0 aromatic carbocycles. The quantitative estimate of drug-likeness (QED) is 0.823. The zero-order valence-electron chi connectivity index (χ0n) is 16.7. The summed E-state index contributed by atoms with van der Waals surface area (Å²) in [5.41, 5.74) is 0.830. The Labute approximate surface area is 165 Å². The van der Waals surface area contributed by atoms with Gasteiger partial charge in [-0.1, -0.05) is 0 Å². The van der Waals surface area contributed by atoms with Crippen LogP contribution in [0.2, 0.25) is 0 Å². The minimum Gasteiger partial charge on any atom is -0.377 e. The molecule has 4 heterocycles. The first-order valence-corrected chi connectivity index (χ1v) is 10.3. The van der Waals surface area contributed by atoms with Crippen molar-refractivity contribution in [2.45, 2.75) is 44.9 Å². The summed E-state index contributed by atoms with van der Waals surface area (Å²) in [6, 6.07) is 4.07. The number of hydrogen-bond donors (Lipinski definition) is 1. The van der Waals surface area contributed by atoms with Crippen LogP contribution < -0.4 is 15.4 Å². The van der Waals surface area contributed by atoms with Crippen molar-refractivity contribution < 1.29 is 14.3 Å². The molecule has 3 saturated heterocycles. The van der Waals surface area contributed by atoms with Crippen LogP contribution in [0.1, 0.15) is 26.7 Å². The molecule has 0 aliphatic carbocycles. The van der Waals surface area contributed by atoms with E-state index in [2.05, 4.69) is 34.7 Å². The van der Waals surface area contributed by atoms with Crippen molar-refractivity contribution in [3.8, 4) is 0 Å². The van der Waals surface area contributed by atoms with Gasteiger partial charge in [-0.05, 0) is 26.7 Å². The highest BCUT2D eigenvalue weighted by Crippen LogP contribution is 2.25. The van der Waals surface area contributed by atoms with Crippen molar-refractivity contribution in [2.75, 3.05) is 55.8 Å². The number of pyridine rings is 1. The molecule has 3 fully saturated rings. The van der Waals surface area contributed by atoms with Crippen molar-refractivity contribution in [1.82, 2.24) is 9.88 Å². The maximum atomic E-state index is 12.6. The molecule has 3 aliphatic heterocycles. The summed E-state index contributed by atoms with van der Waals surface area (Å²) in [6.07, 6.45) is 1.50. The lowest BCUT2D eigenvalue weighted by atomic mass is 10.1. The van der Waals surface area contributed by atoms with E-state index in [1.165, 1.54) is 0 Å². The van der Waals surface area contributed by atoms with E-state index in [9.17, 15) is 9.59 Å². The number of aromatic nitrogens is 1. The van der Waals surface area contributed by atoms with Gasteiger partial charge in [-0.25, -0.2) is 0 Å². The Morgan fingerprint density at radius 1 is 1.11 bits per heavy atom. The second kappa shape index (κ2) is 8.13. The average molecular weight is 390 g/mol. The number of aromatic amines is 1. The average Bonchev–Trinajstić information content (AvgIpc) is 3.22. The van der Waals surface area contributed by atoms with E-state index < -0.39 is 0 Å². The standard InChI is InChI=1S/C20H30N4O4/c1-14-12-22(20(26)17-4-3-8-28-17)5-6-24(14)18-10-16(11-19(25)21-18)23-7-9-27-13-15(23)2/h10-11,14-15,17H,3-9,12-13H2,1-2H3,(H,21,25)/t14?,15-,17?/m1/s1. The van der Waals surface area contributed by atoms with Crippen LogP contribution in [0, 0.1) is 0 Å². The maximum Gasteiger partial charge on any atom is 0.251 e. The van der Waals surface area contributed by atoms with Crippen LogP contribution in [-0.2, 0) is 14.3 Å². The highest BCUT2D eigenvalue weighted by Gasteiger charge is 2.33. The van der Waals surface area contributed by atoms with E-state index in [1.54, 1.807) is 6.07 Å². The van der Waals surface area contributed by atoms with Gasteiger partial charge in [-0.3, -0.25) is 9.59 Å². The molecule has 28 heavy (non-hydrogen) atoms. The molecule has 1 amide bonds. The Hall–Kier alpha value is -2.06. The third-order valence-electron chi connectivity index (χ3n) is 5.97. The first-order valence-electron chi connectivity index (χ1n) is 10.3. The fourth-order valence-corrected chi connectivity index (χ4v) is 4.44. The summed E-state index contributed by atoms with van der Waals surface area (Å²) < 4.78 is 11.1. The normalized spacial score (nSPS) is 28.6. The van der Waals surface area contributed by atoms with Crippen molar-refractivity contribution in [3.05, 3.63) is 22.5 Å². The van der Waals surface area contributed by atoms with Crippen molar-refractivity contribution in [2.24, 2.45) is 0 Å². The molecular weight excluding hydrogens is 360 g/mol. The second-order valence-electron chi connectivity index (χ2n) is 8.03. The monoisotopic (exact) mass is 390 g/mol. The number of carbonyl (C=O) groups is 1. The minimum atomic E-state index is -0.273. The molecule has 0 saturated carbocycles. The fourth-order valence-electron chi connectivity index (χ4n) is 4.44. The van der Waals surface area contributed by atoms with E-state index in [4.69, 9.17) is 9.47 Å². The number of ether oxygens (including phenoxy) is 2. The minimum absolute atomic E-state index is 0.101. The van der Waals surface area contributed by atoms with Gasteiger partial charge in [0.15, 0.2) is 0 Å². The van der Waals surface area contributed by atoms with Crippen LogP contribution in [0.5, 0.6) is 0 Å². The molecule has 3 atom stereocenters. The lowest BCUT2D eigenvalue weighted by Crippen LogP contribution is -2.56. The van der Waals surface area contributed by atoms with Crippen LogP contribution >= 0.6 is 0 Å². The second-order valence-corrected chi connectivity index (χ2v) is 8.03. The van der Waals surface area contributed by atoms with E-state index in [1.807, 2.05) is 4.90 Å². The Morgan fingerprint density at radius 3 is 2.68 bits per heavy atom. The number of piperazine rings is 1. The smallest absolute Gasteiger partial charge is 0.251 e. The Kier molecular flexibility index (Phi) is 5.59. The van der Waals surface area contributed by atoms with Gasteiger partial charge in [-0.15, -0.1) is 0 Å². The Balaban J connectivity index is 1.48. The van der Waals surface area contributed by atoms with Crippen LogP contribution in [0.3, 0.4) is 0 Å². The summed E-state index contributed by atoms with van der Waals surface area (Å²) in [5.74, 6) is 0.922. The Bertz CT molecular complexity index is 761. The first-order chi connectivity index (χ1) is 13.5. The Morgan fingerprint density at radius 2 is 1.96 bits per heavy atom. The number of nitrogens with one attached hydrogen (secondary N) is 1. The zero-order chi connectivity index (χ0) is 19.7. The number of morpholine rings is 1. The largest absolute Gasteiger partial charge is 0.377 e. The predicted octanol–water partition coefficient (Wildman–Crippen LogP) is 0.816. The summed E-state index contributed by atoms with van der Waals surface area (Å²) in [6.45, 7) is 8.98. The molecule has 8 nitrogen and oxygen atoms in total. The summed E-state index contributed by atoms with van der Waals surface area (Å²) in [4.78, 5) is 34.3. The summed E-state index contributed by atoms with van der Waals surface area (Å²) in [5, 5.41) is 0. The van der Waals surface area contributed by atoms with Gasteiger partial charge in [-0.2, -0.15) is 0 Å². The molecule has 2 unspecified atom stereocenters. The van der Waals surface area contributed by atoms with Crippen LogP contribution in [0.25, 0.3) is 0 Å². The van der Waals surface area contributed by atoms with Gasteiger partial charge in [0.05, 0.1) is 13.2 Å². The SMILES string of the molecule is CC1CN(C(=O)C2CCCO2)CCN1c1cc(N2CCOC[C@H]2C)cc(=O)[nH]1. The van der Waals surface area contributed by atoms with Gasteiger partial charge in [0.1, 0.15) is 11.9 Å². The molecule has 154 valence electrons. The number of nitrogens with zero attached hydrogens (tertiary/aromatic N) is 3. The van der Waals surface area contributed by atoms with E-state index in [-0.39, 0.29) is 29.7 Å². The van der Waals surface area contributed by atoms with E-state index in [0.717, 1.165) is 30.9 Å². The fraction of sp³-hybridized carbons (Fsp3) is 0.700. The summed E-state index contributed by atoms with van der Waals surface area (Å²) >= 11 is 0. The predicted molar refractivity (Wildman–Crippen MR) is 107 cm³/mol. The lowest BCUT2D eigenvalue weighted by Gasteiger charge is -2.42. The molecule has 3 aliphatic rings. The molecule has 0 spiro atoms. The number of hydrogen-bond acceptors (Lipinski definition) is 6. The van der Waals surface area contributed by atoms with E-state index in [0.29, 0.717) is 39.5 Å². The van der Waals surface area contributed by atoms with Crippen LogP contribution in [0.15, 0.2) is 16.9 Å². The van der Waals surface area contributed by atoms with Crippen LogP contribution in [-0.4, -0.2) is 80.0 Å². The summed E-state index contributed by atoms with van der Waals surface area (Å²) in [7, 11) is 0. The van der Waals surface area contributed by atoms with Crippen LogP contribution in [0.4, 0.5) is 11.5 Å². The van der Waals surface area contributed by atoms with Gasteiger partial charge < -0.3 is 29.2 Å². The molecule has 4 rings (SSSR count). The first kappa shape index (κ1) is 19.3. The molecule has 8 heteroatoms. The highest BCUT2D eigenvalue weighted by molar-refractivity contribution is 5.81. The zero-order valence-corrected chi connectivity index (χ0v) is 16.7. The molecule has 0 bridgehead atoms. The van der Waals surface area contributed by atoms with Crippen molar-refractivity contribution in [1.29, 1.82) is 0 Å². The van der Waals surface area contributed by atoms with Gasteiger partial charge >= 0.3 is 0 Å². The number of carbonyl (C=O) groups excluding carboxylic acids is 1. The third-order valence-corrected chi connectivity index (χ3v) is 5.97. The molecular formula is C20H30N4O4. The number of H-pyrrole nitrogens is 1. The molecule has 1 aromatic heterocycles. The number of anilines is 2. The number of rotatable bonds is 3. The molecule has 0 radical (unpaired) electrons. The van der Waals surface area contributed by atoms with Crippen molar-refractivity contribution in [3.63, 3.8) is 0 Å². The highest BCUT2D eigenvalue weighted by atomic mass is 16.5. The third kappa shape index (κ3) is 3.89. The van der Waals surface area contributed by atoms with Gasteiger partial charge in [0.25, 0.3) is 11.5 Å². The van der Waals surface area contributed by atoms with Gasteiger partial charge in [0.2, 0.25) is 0 Å². The van der Waals surface area contributed by atoms with Crippen molar-refractivity contribution >= 4 is 17.4 Å². The topological polar surface area (TPSA) is 78.1 Å². The molecule has 1 aromatic rings. The number of amides is 1. The van der Waals surface area contributed by atoms with Gasteiger partial charge in [0, 0.05) is 62.7 Å².